The minimum absolute atomic E-state index is 0.109. The summed E-state index contributed by atoms with van der Waals surface area (Å²) in [6.07, 6.45) is 4.38. The predicted molar refractivity (Wildman–Crippen MR) is 88.8 cm³/mol. The minimum atomic E-state index is 0.109. The Labute approximate surface area is 137 Å². The molecule has 0 saturated carbocycles. The number of pyridine rings is 1. The summed E-state index contributed by atoms with van der Waals surface area (Å²) in [6.45, 7) is 2.06. The Morgan fingerprint density at radius 1 is 1.30 bits per heavy atom. The van der Waals surface area contributed by atoms with Gasteiger partial charge in [0.15, 0.2) is 0 Å². The summed E-state index contributed by atoms with van der Waals surface area (Å²) >= 11 is 1.61. The molecule has 0 spiro atoms. The second kappa shape index (κ2) is 6.47. The molecule has 0 aliphatic carbocycles. The van der Waals surface area contributed by atoms with Crippen LogP contribution in [0.15, 0.2) is 36.1 Å². The van der Waals surface area contributed by atoms with E-state index < -0.39 is 0 Å². The fraction of sp³-hybridized carbons (Fsp3) is 0.312. The van der Waals surface area contributed by atoms with Crippen LogP contribution in [0.1, 0.15) is 12.0 Å². The van der Waals surface area contributed by atoms with Gasteiger partial charge in [0, 0.05) is 25.2 Å². The zero-order valence-corrected chi connectivity index (χ0v) is 13.3. The predicted octanol–water partition coefficient (Wildman–Crippen LogP) is 2.87. The Kier molecular flexibility index (Phi) is 4.04. The molecular weight excluding hydrogens is 312 g/mol. The minimum Gasteiger partial charge on any atom is -0.472 e. The van der Waals surface area contributed by atoms with Gasteiger partial charge in [0.1, 0.15) is 23.1 Å². The fourth-order valence-electron chi connectivity index (χ4n) is 2.52. The largest absolute Gasteiger partial charge is 0.472 e. The molecule has 0 amide bonds. The number of nitrogens with one attached hydrogen (secondary N) is 1. The fourth-order valence-corrected chi connectivity index (χ4v) is 3.25. The van der Waals surface area contributed by atoms with Crippen molar-refractivity contribution < 1.29 is 9.47 Å². The summed E-state index contributed by atoms with van der Waals surface area (Å²) in [5.41, 5.74) is 1.09. The number of rotatable bonds is 5. The molecule has 118 valence electrons. The van der Waals surface area contributed by atoms with Crippen LogP contribution in [0.5, 0.6) is 5.88 Å². The van der Waals surface area contributed by atoms with Crippen molar-refractivity contribution >= 4 is 27.4 Å². The molecule has 6 nitrogen and oxygen atoms in total. The molecule has 3 aromatic heterocycles. The van der Waals surface area contributed by atoms with Crippen molar-refractivity contribution in [3.8, 4) is 5.88 Å². The van der Waals surface area contributed by atoms with Gasteiger partial charge >= 0.3 is 0 Å². The number of hydrogen-bond acceptors (Lipinski definition) is 7. The molecule has 7 heteroatoms. The van der Waals surface area contributed by atoms with Crippen molar-refractivity contribution in [2.24, 2.45) is 0 Å². The highest BCUT2D eigenvalue weighted by Crippen LogP contribution is 2.24. The molecule has 1 N–H and O–H groups in total. The monoisotopic (exact) mass is 328 g/mol. The normalized spacial score (nSPS) is 17.5. The van der Waals surface area contributed by atoms with Crippen LogP contribution in [0.25, 0.3) is 10.2 Å². The summed E-state index contributed by atoms with van der Waals surface area (Å²) in [6, 6.07) is 5.96. The van der Waals surface area contributed by atoms with E-state index in [0.29, 0.717) is 19.0 Å². The van der Waals surface area contributed by atoms with Crippen molar-refractivity contribution in [3.63, 3.8) is 0 Å². The number of fused-ring (bicyclic) bond motifs is 1. The number of nitrogens with zero attached hydrogens (tertiary/aromatic N) is 3. The highest BCUT2D eigenvalue weighted by Gasteiger charge is 2.17. The SMILES string of the molecule is c1cc(CNc2ncnc3sccc23)cc(OC2CCOC2)n1. The van der Waals surface area contributed by atoms with Crippen LogP contribution in [0, 0.1) is 0 Å². The van der Waals surface area contributed by atoms with Crippen molar-refractivity contribution in [1.82, 2.24) is 15.0 Å². The summed E-state index contributed by atoms with van der Waals surface area (Å²) in [7, 11) is 0. The Balaban J connectivity index is 1.45. The summed E-state index contributed by atoms with van der Waals surface area (Å²) in [5.74, 6) is 1.49. The Hall–Kier alpha value is -2.25. The lowest BCUT2D eigenvalue weighted by Gasteiger charge is -2.12. The van der Waals surface area contributed by atoms with Crippen molar-refractivity contribution in [3.05, 3.63) is 41.7 Å². The number of hydrogen-bond donors (Lipinski definition) is 1. The van der Waals surface area contributed by atoms with Crippen LogP contribution in [-0.4, -0.2) is 34.3 Å². The molecule has 3 aromatic rings. The van der Waals surface area contributed by atoms with Crippen LogP contribution < -0.4 is 10.1 Å². The third-order valence-electron chi connectivity index (χ3n) is 3.70. The van der Waals surface area contributed by atoms with Gasteiger partial charge in [-0.2, -0.15) is 0 Å². The van der Waals surface area contributed by atoms with E-state index in [0.717, 1.165) is 34.6 Å². The van der Waals surface area contributed by atoms with Gasteiger partial charge in [-0.15, -0.1) is 11.3 Å². The van der Waals surface area contributed by atoms with E-state index in [9.17, 15) is 0 Å². The zero-order chi connectivity index (χ0) is 15.5. The number of ether oxygens (including phenoxy) is 2. The first-order valence-electron chi connectivity index (χ1n) is 7.50. The molecule has 23 heavy (non-hydrogen) atoms. The first-order valence-corrected chi connectivity index (χ1v) is 8.38. The lowest BCUT2D eigenvalue weighted by atomic mass is 10.2. The maximum atomic E-state index is 5.84. The van der Waals surface area contributed by atoms with Gasteiger partial charge in [-0.3, -0.25) is 0 Å². The van der Waals surface area contributed by atoms with Crippen LogP contribution in [-0.2, 0) is 11.3 Å². The van der Waals surface area contributed by atoms with Gasteiger partial charge in [-0.1, -0.05) is 0 Å². The topological polar surface area (TPSA) is 69.2 Å². The first-order chi connectivity index (χ1) is 11.4. The van der Waals surface area contributed by atoms with Gasteiger partial charge in [0.05, 0.1) is 18.6 Å². The summed E-state index contributed by atoms with van der Waals surface area (Å²) in [4.78, 5) is 13.8. The number of aromatic nitrogens is 3. The van der Waals surface area contributed by atoms with Crippen molar-refractivity contribution in [2.45, 2.75) is 19.1 Å². The molecule has 1 aliphatic heterocycles. The molecule has 0 bridgehead atoms. The molecule has 4 rings (SSSR count). The molecule has 1 saturated heterocycles. The average Bonchev–Trinajstić information content (AvgIpc) is 3.24. The van der Waals surface area contributed by atoms with E-state index in [1.54, 1.807) is 23.9 Å². The van der Waals surface area contributed by atoms with Gasteiger partial charge in [0.2, 0.25) is 5.88 Å². The van der Waals surface area contributed by atoms with Gasteiger partial charge in [-0.25, -0.2) is 15.0 Å². The molecular formula is C16H16N4O2S. The second-order valence-electron chi connectivity index (χ2n) is 5.32. The Morgan fingerprint density at radius 3 is 3.22 bits per heavy atom. The third kappa shape index (κ3) is 3.25. The van der Waals surface area contributed by atoms with Crippen LogP contribution in [0.4, 0.5) is 5.82 Å². The average molecular weight is 328 g/mol. The van der Waals surface area contributed by atoms with Gasteiger partial charge in [0.25, 0.3) is 0 Å². The second-order valence-corrected chi connectivity index (χ2v) is 6.22. The molecule has 0 aromatic carbocycles. The van der Waals surface area contributed by atoms with Gasteiger partial charge in [-0.05, 0) is 23.1 Å². The van der Waals surface area contributed by atoms with Gasteiger partial charge < -0.3 is 14.8 Å². The molecule has 0 radical (unpaired) electrons. The Morgan fingerprint density at radius 2 is 2.30 bits per heavy atom. The van der Waals surface area contributed by atoms with E-state index in [-0.39, 0.29) is 6.10 Å². The lowest BCUT2D eigenvalue weighted by Crippen LogP contribution is -2.16. The van der Waals surface area contributed by atoms with Crippen LogP contribution in [0.3, 0.4) is 0 Å². The maximum absolute atomic E-state index is 5.84. The maximum Gasteiger partial charge on any atom is 0.213 e. The van der Waals surface area contributed by atoms with Crippen molar-refractivity contribution in [1.29, 1.82) is 0 Å². The van der Waals surface area contributed by atoms with E-state index in [1.165, 1.54) is 0 Å². The number of thiophene rings is 1. The zero-order valence-electron chi connectivity index (χ0n) is 12.4. The number of anilines is 1. The first kappa shape index (κ1) is 14.3. The highest BCUT2D eigenvalue weighted by atomic mass is 32.1. The van der Waals surface area contributed by atoms with E-state index >= 15 is 0 Å². The van der Waals surface area contributed by atoms with Crippen molar-refractivity contribution in [2.75, 3.05) is 18.5 Å². The summed E-state index contributed by atoms with van der Waals surface area (Å²) < 4.78 is 11.2. The van der Waals surface area contributed by atoms with E-state index in [1.807, 2.05) is 23.6 Å². The quantitative estimate of drug-likeness (QED) is 0.777. The molecule has 4 heterocycles. The molecule has 1 atom stereocenters. The Bertz CT molecular complexity index is 801. The third-order valence-corrected chi connectivity index (χ3v) is 4.52. The molecule has 1 unspecified atom stereocenters. The smallest absolute Gasteiger partial charge is 0.213 e. The molecule has 1 fully saturated rings. The van der Waals surface area contributed by atoms with E-state index in [4.69, 9.17) is 9.47 Å². The molecule has 1 aliphatic rings. The highest BCUT2D eigenvalue weighted by molar-refractivity contribution is 7.16. The van der Waals surface area contributed by atoms with Crippen LogP contribution >= 0.6 is 11.3 Å². The standard InChI is InChI=1S/C16H16N4O2S/c1-4-17-14(22-12-2-5-21-9-12)7-11(1)8-18-15-13-3-6-23-16(13)20-10-19-15/h1,3-4,6-7,10,12H,2,5,8-9H2,(H,18,19,20). The van der Waals surface area contributed by atoms with E-state index in [2.05, 4.69) is 20.3 Å². The van der Waals surface area contributed by atoms with Crippen LogP contribution in [0.2, 0.25) is 0 Å². The summed E-state index contributed by atoms with van der Waals surface area (Å²) in [5, 5.41) is 6.43. The lowest BCUT2D eigenvalue weighted by molar-refractivity contribution is 0.138.